The van der Waals surface area contributed by atoms with Crippen molar-refractivity contribution in [1.29, 1.82) is 0 Å². The molecule has 4 nitrogen and oxygen atoms in total. The first-order valence-electron chi connectivity index (χ1n) is 6.01. The molecule has 0 fully saturated rings. The van der Waals surface area contributed by atoms with Gasteiger partial charge in [-0.1, -0.05) is 12.1 Å². The number of hydrogen-bond acceptors (Lipinski definition) is 3. The van der Waals surface area contributed by atoms with Gasteiger partial charge in [0.25, 0.3) is 5.69 Å². The number of aryl methyl sites for hydroxylation is 1. The summed E-state index contributed by atoms with van der Waals surface area (Å²) in [4.78, 5) is 10.5. The minimum absolute atomic E-state index is 0.0661. The zero-order chi connectivity index (χ0) is 15.6. The molecule has 0 heterocycles. The zero-order valence-electron chi connectivity index (χ0n) is 11.0. The summed E-state index contributed by atoms with van der Waals surface area (Å²) in [7, 11) is 0. The number of nitrogens with one attached hydrogen (secondary N) is 1. The molecule has 0 bridgehead atoms. The van der Waals surface area contributed by atoms with E-state index in [4.69, 9.17) is 0 Å². The lowest BCUT2D eigenvalue weighted by atomic mass is 10.2. The Kier molecular flexibility index (Phi) is 5.40. The van der Waals surface area contributed by atoms with Crippen molar-refractivity contribution in [2.75, 3.05) is 5.32 Å². The third-order valence-corrected chi connectivity index (χ3v) is 5.06. The first-order chi connectivity index (χ1) is 9.90. The van der Waals surface area contributed by atoms with E-state index in [2.05, 4.69) is 53.1 Å². The maximum absolute atomic E-state index is 10.9. The van der Waals surface area contributed by atoms with Crippen LogP contribution in [0.3, 0.4) is 0 Å². The summed E-state index contributed by atoms with van der Waals surface area (Å²) in [6.07, 6.45) is 0. The van der Waals surface area contributed by atoms with E-state index in [9.17, 15) is 10.1 Å². The van der Waals surface area contributed by atoms with Gasteiger partial charge in [0.1, 0.15) is 4.47 Å². The van der Waals surface area contributed by atoms with E-state index in [1.165, 1.54) is 6.07 Å². The maximum Gasteiger partial charge on any atom is 0.283 e. The molecule has 0 aliphatic rings. The van der Waals surface area contributed by atoms with Crippen molar-refractivity contribution in [1.82, 2.24) is 0 Å². The molecule has 0 saturated heterocycles. The minimum Gasteiger partial charge on any atom is -0.379 e. The SMILES string of the molecule is Cc1cc(Br)c(NCc2cccc([N+](=O)[O-])c2Br)c(Br)c1. The molecular weight excluding hydrogens is 468 g/mol. The van der Waals surface area contributed by atoms with Crippen LogP contribution in [0.25, 0.3) is 0 Å². The highest BCUT2D eigenvalue weighted by Gasteiger charge is 2.15. The molecule has 0 aliphatic carbocycles. The summed E-state index contributed by atoms with van der Waals surface area (Å²) >= 11 is 10.3. The van der Waals surface area contributed by atoms with Gasteiger partial charge < -0.3 is 5.32 Å². The molecule has 0 atom stereocenters. The summed E-state index contributed by atoms with van der Waals surface area (Å²) in [5.74, 6) is 0. The smallest absolute Gasteiger partial charge is 0.283 e. The molecule has 7 heteroatoms. The molecule has 1 N–H and O–H groups in total. The summed E-state index contributed by atoms with van der Waals surface area (Å²) in [5, 5.41) is 14.2. The Morgan fingerprint density at radius 3 is 2.38 bits per heavy atom. The highest BCUT2D eigenvalue weighted by atomic mass is 79.9. The Morgan fingerprint density at radius 2 is 1.81 bits per heavy atom. The van der Waals surface area contributed by atoms with E-state index >= 15 is 0 Å². The molecule has 21 heavy (non-hydrogen) atoms. The molecule has 110 valence electrons. The largest absolute Gasteiger partial charge is 0.379 e. The van der Waals surface area contributed by atoms with Crippen LogP contribution in [0.15, 0.2) is 43.7 Å². The topological polar surface area (TPSA) is 55.2 Å². The van der Waals surface area contributed by atoms with Gasteiger partial charge in [-0.25, -0.2) is 0 Å². The number of benzene rings is 2. The van der Waals surface area contributed by atoms with Crippen molar-refractivity contribution in [3.8, 4) is 0 Å². The van der Waals surface area contributed by atoms with E-state index in [0.717, 1.165) is 25.8 Å². The molecule has 0 radical (unpaired) electrons. The fraction of sp³-hybridized carbons (Fsp3) is 0.143. The predicted octanol–water partition coefficient (Wildman–Crippen LogP) is 5.80. The third kappa shape index (κ3) is 3.84. The van der Waals surface area contributed by atoms with E-state index < -0.39 is 4.92 Å². The van der Waals surface area contributed by atoms with Crippen LogP contribution in [0.2, 0.25) is 0 Å². The van der Waals surface area contributed by atoms with Gasteiger partial charge >= 0.3 is 0 Å². The number of halogens is 3. The second-order valence-corrected chi connectivity index (χ2v) is 6.97. The van der Waals surface area contributed by atoms with E-state index in [-0.39, 0.29) is 5.69 Å². The molecule has 0 aromatic heterocycles. The lowest BCUT2D eigenvalue weighted by Gasteiger charge is -2.13. The standard InChI is InChI=1S/C14H11Br3N2O2/c1-8-5-10(15)14(11(16)6-8)18-7-9-3-2-4-12(13(9)17)19(20)21/h2-6,18H,7H2,1H3. The predicted molar refractivity (Wildman–Crippen MR) is 94.7 cm³/mol. The van der Waals surface area contributed by atoms with Crippen molar-refractivity contribution in [3.05, 3.63) is 65.0 Å². The highest BCUT2D eigenvalue weighted by Crippen LogP contribution is 2.34. The minimum atomic E-state index is -0.398. The molecule has 2 aromatic rings. The molecule has 0 spiro atoms. The van der Waals surface area contributed by atoms with Gasteiger partial charge in [0.15, 0.2) is 0 Å². The fourth-order valence-electron chi connectivity index (χ4n) is 1.90. The number of nitrogens with zero attached hydrogens (tertiary/aromatic N) is 1. The monoisotopic (exact) mass is 476 g/mol. The van der Waals surface area contributed by atoms with Crippen LogP contribution in [0.4, 0.5) is 11.4 Å². The average molecular weight is 479 g/mol. The molecule has 0 amide bonds. The fourth-order valence-corrected chi connectivity index (χ4v) is 4.14. The number of nitro benzene ring substituents is 1. The Balaban J connectivity index is 2.25. The number of anilines is 1. The van der Waals surface area contributed by atoms with Gasteiger partial charge in [0, 0.05) is 21.6 Å². The Hall–Kier alpha value is -0.920. The Bertz CT molecular complexity index is 682. The molecule has 0 unspecified atom stereocenters. The second kappa shape index (κ2) is 6.89. The van der Waals surface area contributed by atoms with E-state index in [0.29, 0.717) is 11.0 Å². The van der Waals surface area contributed by atoms with Crippen LogP contribution in [0, 0.1) is 17.0 Å². The van der Waals surface area contributed by atoms with Gasteiger partial charge in [0.2, 0.25) is 0 Å². The molecule has 2 aromatic carbocycles. The van der Waals surface area contributed by atoms with Crippen molar-refractivity contribution in [2.24, 2.45) is 0 Å². The number of nitro groups is 1. The molecule has 0 aliphatic heterocycles. The normalized spacial score (nSPS) is 10.5. The van der Waals surface area contributed by atoms with Crippen LogP contribution >= 0.6 is 47.8 Å². The maximum atomic E-state index is 10.9. The summed E-state index contributed by atoms with van der Waals surface area (Å²) in [5.41, 5.74) is 2.94. The van der Waals surface area contributed by atoms with Crippen molar-refractivity contribution < 1.29 is 4.92 Å². The van der Waals surface area contributed by atoms with Gasteiger partial charge in [-0.3, -0.25) is 10.1 Å². The Labute approximate surface area is 147 Å². The van der Waals surface area contributed by atoms with E-state index in [1.807, 2.05) is 25.1 Å². The summed E-state index contributed by atoms with van der Waals surface area (Å²) < 4.78 is 2.38. The lowest BCUT2D eigenvalue weighted by Crippen LogP contribution is -2.03. The van der Waals surface area contributed by atoms with Crippen molar-refractivity contribution in [2.45, 2.75) is 13.5 Å². The van der Waals surface area contributed by atoms with E-state index in [1.54, 1.807) is 6.07 Å². The first kappa shape index (κ1) is 16.5. The average Bonchev–Trinajstić information content (AvgIpc) is 2.38. The third-order valence-electron chi connectivity index (χ3n) is 2.90. The quantitative estimate of drug-likeness (QED) is 0.446. The summed E-state index contributed by atoms with van der Waals surface area (Å²) in [6.45, 7) is 2.49. The zero-order valence-corrected chi connectivity index (χ0v) is 15.7. The Morgan fingerprint density at radius 1 is 1.19 bits per heavy atom. The van der Waals surface area contributed by atoms with Crippen molar-refractivity contribution in [3.63, 3.8) is 0 Å². The molecular formula is C14H11Br3N2O2. The number of rotatable bonds is 4. The van der Waals surface area contributed by atoms with Gasteiger partial charge in [-0.05, 0) is 78.0 Å². The van der Waals surface area contributed by atoms with Crippen LogP contribution in [-0.4, -0.2) is 4.92 Å². The van der Waals surface area contributed by atoms with Crippen molar-refractivity contribution >= 4 is 59.2 Å². The van der Waals surface area contributed by atoms with Crippen LogP contribution in [0.1, 0.15) is 11.1 Å². The van der Waals surface area contributed by atoms with Crippen LogP contribution in [0.5, 0.6) is 0 Å². The van der Waals surface area contributed by atoms with Gasteiger partial charge in [0.05, 0.1) is 10.6 Å². The summed E-state index contributed by atoms with van der Waals surface area (Å²) in [6, 6.07) is 9.02. The molecule has 2 rings (SSSR count). The molecule has 0 saturated carbocycles. The number of hydrogen-bond donors (Lipinski definition) is 1. The van der Waals surface area contributed by atoms with Crippen LogP contribution in [-0.2, 0) is 6.54 Å². The highest BCUT2D eigenvalue weighted by molar-refractivity contribution is 9.11. The lowest BCUT2D eigenvalue weighted by molar-refractivity contribution is -0.385. The van der Waals surface area contributed by atoms with Crippen LogP contribution < -0.4 is 5.32 Å². The second-order valence-electron chi connectivity index (χ2n) is 4.46. The van der Waals surface area contributed by atoms with Gasteiger partial charge in [-0.2, -0.15) is 0 Å². The first-order valence-corrected chi connectivity index (χ1v) is 8.39. The van der Waals surface area contributed by atoms with Gasteiger partial charge in [-0.15, -0.1) is 0 Å².